The lowest BCUT2D eigenvalue weighted by atomic mass is 10.2. The van der Waals surface area contributed by atoms with Gasteiger partial charge in [0.2, 0.25) is 0 Å². The average molecular weight is 358 g/mol. The summed E-state index contributed by atoms with van der Waals surface area (Å²) in [6.07, 6.45) is 1.94. The maximum atomic E-state index is 4.60. The zero-order valence-electron chi connectivity index (χ0n) is 12.7. The fourth-order valence-electron chi connectivity index (χ4n) is 2.56. The van der Waals surface area contributed by atoms with Crippen molar-refractivity contribution in [1.82, 2.24) is 5.01 Å². The molecule has 22 heavy (non-hydrogen) atoms. The van der Waals surface area contributed by atoms with Gasteiger partial charge in [-0.1, -0.05) is 45.8 Å². The maximum absolute atomic E-state index is 4.60. The Morgan fingerprint density at radius 3 is 2.41 bits per heavy atom. The van der Waals surface area contributed by atoms with Gasteiger partial charge in [-0.25, -0.2) is 0 Å². The third-order valence-corrected chi connectivity index (χ3v) is 4.37. The van der Waals surface area contributed by atoms with Crippen LogP contribution in [0.5, 0.6) is 0 Å². The molecule has 114 valence electrons. The molecule has 1 fully saturated rings. The van der Waals surface area contributed by atoms with Crippen molar-refractivity contribution in [1.29, 1.82) is 0 Å². The molecule has 3 nitrogen and oxygen atoms in total. The molecule has 0 radical (unpaired) electrons. The lowest BCUT2D eigenvalue weighted by Gasteiger charge is -2.34. The van der Waals surface area contributed by atoms with Gasteiger partial charge in [-0.3, -0.25) is 5.01 Å². The van der Waals surface area contributed by atoms with E-state index >= 15 is 0 Å². The zero-order valence-corrected chi connectivity index (χ0v) is 14.3. The van der Waals surface area contributed by atoms with E-state index in [-0.39, 0.29) is 0 Å². The average Bonchev–Trinajstić information content (AvgIpc) is 2.54. The molecule has 1 saturated heterocycles. The minimum absolute atomic E-state index is 0.957. The molecule has 0 spiro atoms. The first-order valence-electron chi connectivity index (χ1n) is 7.57. The number of halogens is 1. The van der Waals surface area contributed by atoms with Gasteiger partial charge in [0.15, 0.2) is 0 Å². The molecule has 0 bridgehead atoms. The first kappa shape index (κ1) is 15.1. The van der Waals surface area contributed by atoms with Crippen LogP contribution in [0.3, 0.4) is 0 Å². The van der Waals surface area contributed by atoms with Crippen molar-refractivity contribution in [2.75, 3.05) is 31.1 Å². The van der Waals surface area contributed by atoms with Gasteiger partial charge in [-0.2, -0.15) is 5.10 Å². The first-order valence-corrected chi connectivity index (χ1v) is 8.36. The number of anilines is 1. The molecular formula is C18H20BrN3. The summed E-state index contributed by atoms with van der Waals surface area (Å²) in [4.78, 5) is 2.42. The Kier molecular flexibility index (Phi) is 4.78. The smallest absolute Gasteiger partial charge is 0.0543 e. The monoisotopic (exact) mass is 357 g/mol. The van der Waals surface area contributed by atoms with Crippen LogP contribution in [0, 0.1) is 6.92 Å². The SMILES string of the molecule is Cc1ccc(N2CCN(N=Cc3cccc(Br)c3)CC2)cc1. The van der Waals surface area contributed by atoms with Gasteiger partial charge >= 0.3 is 0 Å². The summed E-state index contributed by atoms with van der Waals surface area (Å²) in [5, 5.41) is 6.74. The molecule has 1 aliphatic heterocycles. The third-order valence-electron chi connectivity index (χ3n) is 3.87. The fourth-order valence-corrected chi connectivity index (χ4v) is 2.98. The Hall–Kier alpha value is -1.81. The highest BCUT2D eigenvalue weighted by Gasteiger charge is 2.15. The number of hydrogen-bond donors (Lipinski definition) is 0. The molecule has 2 aromatic carbocycles. The van der Waals surface area contributed by atoms with E-state index in [1.165, 1.54) is 11.3 Å². The summed E-state index contributed by atoms with van der Waals surface area (Å²) < 4.78 is 1.08. The molecule has 2 aromatic rings. The lowest BCUT2D eigenvalue weighted by molar-refractivity contribution is 0.272. The highest BCUT2D eigenvalue weighted by molar-refractivity contribution is 9.10. The largest absolute Gasteiger partial charge is 0.368 e. The molecule has 0 aromatic heterocycles. The second kappa shape index (κ2) is 6.97. The van der Waals surface area contributed by atoms with Crippen molar-refractivity contribution in [3.8, 4) is 0 Å². The molecule has 1 aliphatic rings. The second-order valence-electron chi connectivity index (χ2n) is 5.58. The van der Waals surface area contributed by atoms with Crippen molar-refractivity contribution in [2.24, 2.45) is 5.10 Å². The number of hydrogen-bond acceptors (Lipinski definition) is 3. The molecule has 4 heteroatoms. The van der Waals surface area contributed by atoms with Crippen LogP contribution in [-0.2, 0) is 0 Å². The van der Waals surface area contributed by atoms with Crippen LogP contribution in [0.1, 0.15) is 11.1 Å². The summed E-state index contributed by atoms with van der Waals surface area (Å²) in [6, 6.07) is 17.0. The van der Waals surface area contributed by atoms with Crippen LogP contribution in [-0.4, -0.2) is 37.4 Å². The third kappa shape index (κ3) is 3.89. The van der Waals surface area contributed by atoms with Crippen LogP contribution < -0.4 is 4.90 Å². The van der Waals surface area contributed by atoms with Crippen molar-refractivity contribution in [2.45, 2.75) is 6.92 Å². The van der Waals surface area contributed by atoms with Crippen molar-refractivity contribution in [3.63, 3.8) is 0 Å². The zero-order chi connectivity index (χ0) is 15.4. The molecule has 0 unspecified atom stereocenters. The van der Waals surface area contributed by atoms with Crippen LogP contribution in [0.2, 0.25) is 0 Å². The van der Waals surface area contributed by atoms with E-state index in [0.717, 1.165) is 36.2 Å². The number of rotatable bonds is 3. The van der Waals surface area contributed by atoms with Crippen LogP contribution in [0.4, 0.5) is 5.69 Å². The maximum Gasteiger partial charge on any atom is 0.0543 e. The number of benzene rings is 2. The topological polar surface area (TPSA) is 18.8 Å². The van der Waals surface area contributed by atoms with Crippen molar-refractivity contribution >= 4 is 27.8 Å². The van der Waals surface area contributed by atoms with Crippen LogP contribution in [0.15, 0.2) is 58.1 Å². The number of aryl methyl sites for hydroxylation is 1. The van der Waals surface area contributed by atoms with Crippen molar-refractivity contribution in [3.05, 3.63) is 64.1 Å². The molecular weight excluding hydrogens is 338 g/mol. The highest BCUT2D eigenvalue weighted by atomic mass is 79.9. The lowest BCUT2D eigenvalue weighted by Crippen LogP contribution is -2.44. The Labute approximate surface area is 140 Å². The van der Waals surface area contributed by atoms with E-state index in [4.69, 9.17) is 0 Å². The van der Waals surface area contributed by atoms with Gasteiger partial charge in [-0.05, 0) is 36.8 Å². The normalized spacial score (nSPS) is 15.5. The molecule has 0 aliphatic carbocycles. The van der Waals surface area contributed by atoms with Gasteiger partial charge in [0.05, 0.1) is 19.3 Å². The van der Waals surface area contributed by atoms with Crippen molar-refractivity contribution < 1.29 is 0 Å². The summed E-state index contributed by atoms with van der Waals surface area (Å²) in [7, 11) is 0. The summed E-state index contributed by atoms with van der Waals surface area (Å²) in [5.41, 5.74) is 3.73. The van der Waals surface area contributed by atoms with Gasteiger partial charge in [0, 0.05) is 23.2 Å². The molecule has 0 N–H and O–H groups in total. The molecule has 0 amide bonds. The Balaban J connectivity index is 1.56. The molecule has 0 saturated carbocycles. The quantitative estimate of drug-likeness (QED) is 0.775. The van der Waals surface area contributed by atoms with E-state index in [9.17, 15) is 0 Å². The van der Waals surface area contributed by atoms with E-state index in [1.54, 1.807) is 0 Å². The van der Waals surface area contributed by atoms with Gasteiger partial charge in [-0.15, -0.1) is 0 Å². The number of piperazine rings is 1. The fraction of sp³-hybridized carbons (Fsp3) is 0.278. The van der Waals surface area contributed by atoms with Crippen LogP contribution in [0.25, 0.3) is 0 Å². The molecule has 0 atom stereocenters. The predicted octanol–water partition coefficient (Wildman–Crippen LogP) is 3.91. The summed E-state index contributed by atoms with van der Waals surface area (Å²) in [6.45, 7) is 6.06. The Bertz CT molecular complexity index is 644. The summed E-state index contributed by atoms with van der Waals surface area (Å²) in [5.74, 6) is 0. The number of nitrogens with zero attached hydrogens (tertiary/aromatic N) is 3. The highest BCUT2D eigenvalue weighted by Crippen LogP contribution is 2.17. The Morgan fingerprint density at radius 2 is 1.73 bits per heavy atom. The van der Waals surface area contributed by atoms with Gasteiger partial charge in [0.25, 0.3) is 0 Å². The minimum atomic E-state index is 0.957. The Morgan fingerprint density at radius 1 is 1.00 bits per heavy atom. The van der Waals surface area contributed by atoms with Gasteiger partial charge < -0.3 is 4.90 Å². The van der Waals surface area contributed by atoms with Gasteiger partial charge in [0.1, 0.15) is 0 Å². The minimum Gasteiger partial charge on any atom is -0.368 e. The second-order valence-corrected chi connectivity index (χ2v) is 6.49. The molecule has 1 heterocycles. The van der Waals surface area contributed by atoms with E-state index in [1.807, 2.05) is 18.3 Å². The van der Waals surface area contributed by atoms with E-state index < -0.39 is 0 Å². The number of hydrazone groups is 1. The van der Waals surface area contributed by atoms with E-state index in [0.29, 0.717) is 0 Å². The standard InChI is InChI=1S/C18H20BrN3/c1-15-5-7-18(8-6-15)21-9-11-22(12-10-21)20-14-16-3-2-4-17(19)13-16/h2-8,13-14H,9-12H2,1H3. The first-order chi connectivity index (χ1) is 10.7. The summed E-state index contributed by atoms with van der Waals surface area (Å²) >= 11 is 3.48. The molecule has 3 rings (SSSR count). The predicted molar refractivity (Wildman–Crippen MR) is 96.7 cm³/mol. The van der Waals surface area contributed by atoms with Crippen LogP contribution >= 0.6 is 15.9 Å². The van der Waals surface area contributed by atoms with E-state index in [2.05, 4.69) is 74.3 Å².